The lowest BCUT2D eigenvalue weighted by Gasteiger charge is -2.29. The number of sulfonamides is 1. The van der Waals surface area contributed by atoms with Crippen LogP contribution in [0.25, 0.3) is 0 Å². The number of hydrogen-bond acceptors (Lipinski definition) is 3. The normalized spacial score (nSPS) is 23.5. The van der Waals surface area contributed by atoms with Crippen molar-refractivity contribution in [2.45, 2.75) is 30.9 Å². The van der Waals surface area contributed by atoms with Gasteiger partial charge in [0.15, 0.2) is 0 Å². The van der Waals surface area contributed by atoms with E-state index in [0.29, 0.717) is 23.2 Å². The van der Waals surface area contributed by atoms with E-state index in [-0.39, 0.29) is 0 Å². The topological polar surface area (TPSA) is 37.4 Å². The van der Waals surface area contributed by atoms with E-state index in [1.807, 2.05) is 13.0 Å². The first-order valence-corrected chi connectivity index (χ1v) is 7.82. The highest BCUT2D eigenvalue weighted by molar-refractivity contribution is 7.91. The Labute approximate surface area is 101 Å². The molecule has 2 heterocycles. The zero-order valence-electron chi connectivity index (χ0n) is 9.64. The van der Waals surface area contributed by atoms with Crippen LogP contribution in [0.3, 0.4) is 0 Å². The Balaban J connectivity index is 2.25. The van der Waals surface area contributed by atoms with Gasteiger partial charge < -0.3 is 0 Å². The zero-order valence-corrected chi connectivity index (χ0v) is 11.3. The van der Waals surface area contributed by atoms with Crippen LogP contribution in [0.5, 0.6) is 0 Å². The van der Waals surface area contributed by atoms with Crippen molar-refractivity contribution in [3.8, 4) is 0 Å². The first kappa shape index (κ1) is 12.1. The summed E-state index contributed by atoms with van der Waals surface area (Å²) in [6.07, 6.45) is 2.11. The maximum atomic E-state index is 12.3. The molecule has 0 saturated carbocycles. The van der Waals surface area contributed by atoms with Crippen LogP contribution in [0.1, 0.15) is 24.6 Å². The van der Waals surface area contributed by atoms with Crippen LogP contribution in [0.2, 0.25) is 0 Å². The monoisotopic (exact) mass is 259 g/mol. The van der Waals surface area contributed by atoms with Gasteiger partial charge in [0.05, 0.1) is 0 Å². The molecule has 0 aromatic carbocycles. The Morgan fingerprint density at radius 2 is 2.19 bits per heavy atom. The Kier molecular flexibility index (Phi) is 3.37. The lowest BCUT2D eigenvalue weighted by Crippen LogP contribution is -2.38. The maximum Gasteiger partial charge on any atom is 0.252 e. The molecule has 0 radical (unpaired) electrons. The van der Waals surface area contributed by atoms with Crippen LogP contribution in [-0.4, -0.2) is 25.8 Å². The fourth-order valence-electron chi connectivity index (χ4n) is 2.04. The molecule has 1 saturated heterocycles. The molecule has 2 rings (SSSR count). The second-order valence-electron chi connectivity index (χ2n) is 4.48. The van der Waals surface area contributed by atoms with Gasteiger partial charge in [-0.3, -0.25) is 0 Å². The van der Waals surface area contributed by atoms with Crippen LogP contribution in [0.4, 0.5) is 0 Å². The van der Waals surface area contributed by atoms with Crippen LogP contribution in [0.15, 0.2) is 16.3 Å². The van der Waals surface area contributed by atoms with Crippen molar-refractivity contribution in [2.75, 3.05) is 13.1 Å². The molecule has 0 aliphatic carbocycles. The van der Waals surface area contributed by atoms with Crippen molar-refractivity contribution in [2.24, 2.45) is 5.92 Å². The second-order valence-corrected chi connectivity index (χ2v) is 7.93. The van der Waals surface area contributed by atoms with Gasteiger partial charge >= 0.3 is 0 Å². The summed E-state index contributed by atoms with van der Waals surface area (Å²) in [5, 5.41) is 0. The van der Waals surface area contributed by atoms with Gasteiger partial charge in [0, 0.05) is 18.0 Å². The molecule has 0 N–H and O–H groups in total. The summed E-state index contributed by atoms with van der Waals surface area (Å²) >= 11 is 1.36. The number of piperidine rings is 1. The molecule has 0 amide bonds. The predicted octanol–water partition coefficient (Wildman–Crippen LogP) is 2.48. The van der Waals surface area contributed by atoms with Gasteiger partial charge in [0.2, 0.25) is 0 Å². The average molecular weight is 259 g/mol. The number of aryl methyl sites for hydroxylation is 1. The Morgan fingerprint density at radius 3 is 2.75 bits per heavy atom. The molecular weight excluding hydrogens is 242 g/mol. The molecule has 1 aliphatic heterocycles. The summed E-state index contributed by atoms with van der Waals surface area (Å²) in [6, 6.07) is 3.58. The summed E-state index contributed by atoms with van der Waals surface area (Å²) in [4.78, 5) is 1.05. The fraction of sp³-hybridized carbons (Fsp3) is 0.636. The van der Waals surface area contributed by atoms with Crippen LogP contribution < -0.4 is 0 Å². The smallest absolute Gasteiger partial charge is 0.206 e. The first-order chi connectivity index (χ1) is 7.50. The minimum atomic E-state index is -3.22. The molecule has 16 heavy (non-hydrogen) atoms. The summed E-state index contributed by atoms with van der Waals surface area (Å²) in [7, 11) is -3.22. The molecule has 1 aromatic rings. The molecule has 0 bridgehead atoms. The summed E-state index contributed by atoms with van der Waals surface area (Å²) in [6.45, 7) is 5.38. The summed E-state index contributed by atoms with van der Waals surface area (Å²) in [5.74, 6) is 0.476. The Bertz CT molecular complexity index is 464. The second kappa shape index (κ2) is 4.47. The van der Waals surface area contributed by atoms with E-state index in [1.54, 1.807) is 10.4 Å². The average Bonchev–Trinajstić information content (AvgIpc) is 2.65. The molecule has 1 aliphatic rings. The van der Waals surface area contributed by atoms with Gasteiger partial charge in [0.1, 0.15) is 4.21 Å². The third kappa shape index (κ3) is 2.31. The molecule has 1 atom stereocenters. The van der Waals surface area contributed by atoms with E-state index in [9.17, 15) is 8.42 Å². The molecule has 3 nitrogen and oxygen atoms in total. The van der Waals surface area contributed by atoms with Gasteiger partial charge in [-0.05, 0) is 37.8 Å². The van der Waals surface area contributed by atoms with Crippen molar-refractivity contribution < 1.29 is 8.42 Å². The number of rotatable bonds is 2. The van der Waals surface area contributed by atoms with E-state index in [4.69, 9.17) is 0 Å². The van der Waals surface area contributed by atoms with Crippen molar-refractivity contribution in [3.05, 3.63) is 17.0 Å². The van der Waals surface area contributed by atoms with E-state index in [0.717, 1.165) is 17.7 Å². The van der Waals surface area contributed by atoms with Gasteiger partial charge in [-0.1, -0.05) is 6.92 Å². The molecular formula is C11H17NO2S2. The van der Waals surface area contributed by atoms with Crippen LogP contribution in [0, 0.1) is 12.8 Å². The Morgan fingerprint density at radius 1 is 1.44 bits per heavy atom. The molecule has 1 fully saturated rings. The van der Waals surface area contributed by atoms with E-state index >= 15 is 0 Å². The third-order valence-corrected chi connectivity index (χ3v) is 6.26. The minimum absolute atomic E-state index is 0.476. The lowest BCUT2D eigenvalue weighted by atomic mass is 10.0. The third-order valence-electron chi connectivity index (χ3n) is 2.93. The minimum Gasteiger partial charge on any atom is -0.206 e. The molecule has 0 spiro atoms. The zero-order chi connectivity index (χ0) is 11.8. The van der Waals surface area contributed by atoms with Gasteiger partial charge in [-0.25, -0.2) is 8.42 Å². The van der Waals surface area contributed by atoms with Crippen molar-refractivity contribution in [3.63, 3.8) is 0 Å². The molecule has 1 unspecified atom stereocenters. The number of nitrogens with zero attached hydrogens (tertiary/aromatic N) is 1. The highest BCUT2D eigenvalue weighted by atomic mass is 32.2. The van der Waals surface area contributed by atoms with E-state index < -0.39 is 10.0 Å². The highest BCUT2D eigenvalue weighted by Gasteiger charge is 2.29. The van der Waals surface area contributed by atoms with Crippen molar-refractivity contribution in [1.82, 2.24) is 4.31 Å². The summed E-state index contributed by atoms with van der Waals surface area (Å²) in [5.41, 5.74) is 0. The first-order valence-electron chi connectivity index (χ1n) is 5.57. The van der Waals surface area contributed by atoms with Crippen molar-refractivity contribution in [1.29, 1.82) is 0 Å². The Hall–Kier alpha value is -0.390. The number of thiophene rings is 1. The largest absolute Gasteiger partial charge is 0.252 e. The standard InChI is InChI=1S/C11H17NO2S2/c1-9-4-3-7-12(8-9)16(13,14)11-6-5-10(2)15-11/h5-6,9H,3-4,7-8H2,1-2H3. The van der Waals surface area contributed by atoms with Gasteiger partial charge in [0.25, 0.3) is 10.0 Å². The molecule has 90 valence electrons. The van der Waals surface area contributed by atoms with Gasteiger partial charge in [-0.2, -0.15) is 4.31 Å². The predicted molar refractivity (Wildman–Crippen MR) is 66.2 cm³/mol. The van der Waals surface area contributed by atoms with E-state index in [2.05, 4.69) is 6.92 Å². The van der Waals surface area contributed by atoms with Crippen LogP contribution >= 0.6 is 11.3 Å². The van der Waals surface area contributed by atoms with Gasteiger partial charge in [-0.15, -0.1) is 11.3 Å². The fourth-order valence-corrected chi connectivity index (χ4v) is 5.08. The van der Waals surface area contributed by atoms with Crippen molar-refractivity contribution >= 4 is 21.4 Å². The molecule has 5 heteroatoms. The van der Waals surface area contributed by atoms with Crippen LogP contribution in [-0.2, 0) is 10.0 Å². The highest BCUT2D eigenvalue weighted by Crippen LogP contribution is 2.27. The van der Waals surface area contributed by atoms with E-state index in [1.165, 1.54) is 11.3 Å². The quantitative estimate of drug-likeness (QED) is 0.818. The lowest BCUT2D eigenvalue weighted by molar-refractivity contribution is 0.281. The summed E-state index contributed by atoms with van der Waals surface area (Å²) < 4.78 is 26.7. The molecule has 1 aromatic heterocycles. The SMILES string of the molecule is Cc1ccc(S(=O)(=O)N2CCCC(C)C2)s1. The number of hydrogen-bond donors (Lipinski definition) is 0. The maximum absolute atomic E-state index is 12.3.